The number of aromatic nitrogens is 1. The van der Waals surface area contributed by atoms with Gasteiger partial charge < -0.3 is 16.0 Å². The van der Waals surface area contributed by atoms with E-state index >= 15 is 0 Å². The Morgan fingerprint density at radius 2 is 2.05 bits per heavy atom. The molecule has 1 heterocycles. The Labute approximate surface area is 132 Å². The summed E-state index contributed by atoms with van der Waals surface area (Å²) in [4.78, 5) is 7.79. The lowest BCUT2D eigenvalue weighted by Crippen LogP contribution is -2.41. The van der Waals surface area contributed by atoms with Crippen molar-refractivity contribution in [1.29, 1.82) is 0 Å². The minimum atomic E-state index is 0.533. The molecule has 3 rings (SSSR count). The van der Waals surface area contributed by atoms with Crippen LogP contribution >= 0.6 is 0 Å². The van der Waals surface area contributed by atoms with Gasteiger partial charge in [0.15, 0.2) is 5.96 Å². The first kappa shape index (κ1) is 14.9. The van der Waals surface area contributed by atoms with Crippen LogP contribution in [0.5, 0.6) is 0 Å². The van der Waals surface area contributed by atoms with Gasteiger partial charge in [-0.15, -0.1) is 0 Å². The number of nitrogens with two attached hydrogens (primary N) is 1. The molecule has 1 aromatic carbocycles. The number of aromatic amines is 1. The van der Waals surface area contributed by atoms with Crippen molar-refractivity contribution in [1.82, 2.24) is 10.3 Å². The van der Waals surface area contributed by atoms with Crippen LogP contribution in [0.4, 0.5) is 0 Å². The lowest BCUT2D eigenvalue weighted by atomic mass is 9.96. The summed E-state index contributed by atoms with van der Waals surface area (Å²) in [7, 11) is 0. The summed E-state index contributed by atoms with van der Waals surface area (Å²) in [5, 5.41) is 4.68. The number of fused-ring (bicyclic) bond motifs is 1. The number of rotatable bonds is 5. The van der Waals surface area contributed by atoms with E-state index in [1.807, 2.05) is 0 Å². The molecule has 0 unspecified atom stereocenters. The third kappa shape index (κ3) is 3.81. The van der Waals surface area contributed by atoms with E-state index in [2.05, 4.69) is 45.8 Å². The van der Waals surface area contributed by atoms with Crippen molar-refractivity contribution in [2.75, 3.05) is 6.54 Å². The molecule has 0 bridgehead atoms. The predicted molar refractivity (Wildman–Crippen MR) is 93.1 cm³/mol. The first-order chi connectivity index (χ1) is 10.8. The van der Waals surface area contributed by atoms with Gasteiger partial charge in [0, 0.05) is 29.7 Å². The number of hydrogen-bond acceptors (Lipinski definition) is 1. The van der Waals surface area contributed by atoms with Crippen molar-refractivity contribution in [2.45, 2.75) is 51.0 Å². The van der Waals surface area contributed by atoms with E-state index in [4.69, 9.17) is 5.73 Å². The van der Waals surface area contributed by atoms with Crippen LogP contribution in [0.2, 0.25) is 0 Å². The quantitative estimate of drug-likeness (QED) is 0.450. The molecule has 0 radical (unpaired) electrons. The number of nitrogens with zero attached hydrogens (tertiary/aromatic N) is 1. The predicted octanol–water partition coefficient (Wildman–Crippen LogP) is 3.34. The van der Waals surface area contributed by atoms with E-state index in [0.29, 0.717) is 12.0 Å². The smallest absolute Gasteiger partial charge is 0.188 e. The van der Waals surface area contributed by atoms with E-state index in [9.17, 15) is 0 Å². The Bertz CT molecular complexity index is 623. The maximum absolute atomic E-state index is 5.99. The molecule has 1 aromatic heterocycles. The monoisotopic (exact) mass is 298 g/mol. The third-order valence-electron chi connectivity index (χ3n) is 4.52. The van der Waals surface area contributed by atoms with E-state index in [-0.39, 0.29) is 0 Å². The zero-order chi connectivity index (χ0) is 15.2. The molecular formula is C18H26N4. The zero-order valence-corrected chi connectivity index (χ0v) is 13.1. The Balaban J connectivity index is 1.45. The molecule has 1 fully saturated rings. The molecule has 0 atom stereocenters. The summed E-state index contributed by atoms with van der Waals surface area (Å²) in [5.41, 5.74) is 8.56. The fourth-order valence-corrected chi connectivity index (χ4v) is 3.31. The first-order valence-electron chi connectivity index (χ1n) is 8.44. The Morgan fingerprint density at radius 3 is 2.91 bits per heavy atom. The Hall–Kier alpha value is -1.97. The van der Waals surface area contributed by atoms with Gasteiger partial charge in [-0.25, -0.2) is 0 Å². The number of aryl methyl sites for hydroxylation is 1. The van der Waals surface area contributed by atoms with Crippen molar-refractivity contribution in [3.05, 3.63) is 36.0 Å². The Kier molecular flexibility index (Phi) is 4.99. The fourth-order valence-electron chi connectivity index (χ4n) is 3.31. The molecular weight excluding hydrogens is 272 g/mol. The van der Waals surface area contributed by atoms with Crippen LogP contribution in [0.25, 0.3) is 10.9 Å². The molecule has 4 heteroatoms. The first-order valence-corrected chi connectivity index (χ1v) is 8.44. The molecule has 1 saturated carbocycles. The third-order valence-corrected chi connectivity index (χ3v) is 4.52. The van der Waals surface area contributed by atoms with E-state index in [1.165, 1.54) is 48.6 Å². The van der Waals surface area contributed by atoms with Crippen LogP contribution < -0.4 is 11.1 Å². The lowest BCUT2D eigenvalue weighted by molar-refractivity contribution is 0.412. The van der Waals surface area contributed by atoms with Gasteiger partial charge >= 0.3 is 0 Å². The van der Waals surface area contributed by atoms with Gasteiger partial charge in [-0.3, -0.25) is 4.99 Å². The minimum Gasteiger partial charge on any atom is -0.370 e. The van der Waals surface area contributed by atoms with Crippen molar-refractivity contribution < 1.29 is 0 Å². The highest BCUT2D eigenvalue weighted by molar-refractivity contribution is 5.83. The summed E-state index contributed by atoms with van der Waals surface area (Å²) in [6.45, 7) is 0.783. The van der Waals surface area contributed by atoms with Gasteiger partial charge in [-0.05, 0) is 37.3 Å². The molecule has 1 aliphatic carbocycles. The lowest BCUT2D eigenvalue weighted by Gasteiger charge is -2.23. The molecule has 2 aromatic rings. The zero-order valence-electron chi connectivity index (χ0n) is 13.1. The number of benzene rings is 1. The van der Waals surface area contributed by atoms with Crippen LogP contribution in [0, 0.1) is 0 Å². The molecule has 118 valence electrons. The average Bonchev–Trinajstić information content (AvgIpc) is 2.96. The number of aliphatic imine (C=N–C) groups is 1. The summed E-state index contributed by atoms with van der Waals surface area (Å²) in [6.07, 6.45) is 10.6. The second-order valence-corrected chi connectivity index (χ2v) is 6.21. The summed E-state index contributed by atoms with van der Waals surface area (Å²) in [6, 6.07) is 8.96. The summed E-state index contributed by atoms with van der Waals surface area (Å²) in [5.74, 6) is 0.617. The molecule has 22 heavy (non-hydrogen) atoms. The molecule has 0 spiro atoms. The highest BCUT2D eigenvalue weighted by Gasteiger charge is 2.13. The van der Waals surface area contributed by atoms with Crippen LogP contribution in [0.3, 0.4) is 0 Å². The van der Waals surface area contributed by atoms with Crippen LogP contribution in [0.1, 0.15) is 44.1 Å². The Morgan fingerprint density at radius 1 is 1.23 bits per heavy atom. The topological polar surface area (TPSA) is 66.2 Å². The average molecular weight is 298 g/mol. The highest BCUT2D eigenvalue weighted by Crippen LogP contribution is 2.19. The van der Waals surface area contributed by atoms with Crippen molar-refractivity contribution in [2.24, 2.45) is 10.7 Å². The second kappa shape index (κ2) is 7.34. The molecule has 4 nitrogen and oxygen atoms in total. The van der Waals surface area contributed by atoms with Gasteiger partial charge in [0.25, 0.3) is 0 Å². The summed E-state index contributed by atoms with van der Waals surface area (Å²) >= 11 is 0. The van der Waals surface area contributed by atoms with Gasteiger partial charge in [-0.2, -0.15) is 0 Å². The highest BCUT2D eigenvalue weighted by atomic mass is 15.1. The number of H-pyrrole nitrogens is 1. The van der Waals surface area contributed by atoms with Crippen LogP contribution in [0.15, 0.2) is 35.5 Å². The maximum atomic E-state index is 5.99. The van der Waals surface area contributed by atoms with Crippen molar-refractivity contribution in [3.63, 3.8) is 0 Å². The standard InChI is InChI=1S/C18H26N4/c19-18(22-15-8-2-1-3-9-15)20-12-6-7-14-13-21-17-11-5-4-10-16(14)17/h4-5,10-11,13,15,21H,1-3,6-9,12H2,(H3,19,20,22). The van der Waals surface area contributed by atoms with Crippen molar-refractivity contribution in [3.8, 4) is 0 Å². The maximum Gasteiger partial charge on any atom is 0.188 e. The summed E-state index contributed by atoms with van der Waals surface area (Å²) < 4.78 is 0. The van der Waals surface area contributed by atoms with Crippen LogP contribution in [-0.2, 0) is 6.42 Å². The van der Waals surface area contributed by atoms with Gasteiger partial charge in [0.05, 0.1) is 0 Å². The van der Waals surface area contributed by atoms with Gasteiger partial charge in [0.2, 0.25) is 0 Å². The van der Waals surface area contributed by atoms with Crippen LogP contribution in [-0.4, -0.2) is 23.5 Å². The number of guanidine groups is 1. The van der Waals surface area contributed by atoms with Gasteiger partial charge in [0.1, 0.15) is 0 Å². The molecule has 0 amide bonds. The number of para-hydroxylation sites is 1. The number of nitrogens with one attached hydrogen (secondary N) is 2. The van der Waals surface area contributed by atoms with Gasteiger partial charge in [-0.1, -0.05) is 37.5 Å². The normalized spacial score (nSPS) is 17.0. The van der Waals surface area contributed by atoms with E-state index < -0.39 is 0 Å². The number of hydrogen-bond donors (Lipinski definition) is 3. The van der Waals surface area contributed by atoms with E-state index in [1.54, 1.807) is 0 Å². The molecule has 0 saturated heterocycles. The van der Waals surface area contributed by atoms with Crippen molar-refractivity contribution >= 4 is 16.9 Å². The molecule has 1 aliphatic rings. The SMILES string of the molecule is NC(=NCCCc1c[nH]c2ccccc12)NC1CCCCC1. The molecule has 0 aliphatic heterocycles. The molecule has 4 N–H and O–H groups in total. The fraction of sp³-hybridized carbons (Fsp3) is 0.500. The van der Waals surface area contributed by atoms with E-state index in [0.717, 1.165) is 19.4 Å². The second-order valence-electron chi connectivity index (χ2n) is 6.21. The largest absolute Gasteiger partial charge is 0.370 e. The minimum absolute atomic E-state index is 0.533.